The van der Waals surface area contributed by atoms with Crippen molar-refractivity contribution in [3.8, 4) is 5.69 Å². The van der Waals surface area contributed by atoms with E-state index in [1.54, 1.807) is 29.2 Å². The third kappa shape index (κ3) is 2.63. The first-order chi connectivity index (χ1) is 11.8. The number of carbonyl (C=O) groups is 1. The molecule has 0 atom stereocenters. The van der Waals surface area contributed by atoms with Crippen molar-refractivity contribution in [2.45, 2.75) is 6.54 Å². The van der Waals surface area contributed by atoms with Gasteiger partial charge in [0.15, 0.2) is 5.65 Å². The molecule has 0 radical (unpaired) electrons. The molecule has 7 nitrogen and oxygen atoms in total. The van der Waals surface area contributed by atoms with E-state index in [2.05, 4.69) is 25.6 Å². The van der Waals surface area contributed by atoms with Gasteiger partial charge < -0.3 is 5.32 Å². The average molecular weight is 318 g/mol. The molecule has 0 spiro atoms. The third-order valence-electron chi connectivity index (χ3n) is 3.71. The maximum absolute atomic E-state index is 12.4. The van der Waals surface area contributed by atoms with Crippen LogP contribution in [0.4, 0.5) is 0 Å². The topological polar surface area (TPSA) is 88.5 Å². The molecule has 118 valence electrons. The lowest BCUT2D eigenvalue weighted by Gasteiger charge is -2.06. The Morgan fingerprint density at radius 3 is 3.00 bits per heavy atom. The summed E-state index contributed by atoms with van der Waals surface area (Å²) in [5, 5.41) is 15.0. The molecule has 0 bridgehead atoms. The van der Waals surface area contributed by atoms with E-state index < -0.39 is 0 Å². The van der Waals surface area contributed by atoms with Crippen molar-refractivity contribution in [1.82, 2.24) is 30.3 Å². The van der Waals surface area contributed by atoms with Gasteiger partial charge in [0, 0.05) is 29.5 Å². The first-order valence-corrected chi connectivity index (χ1v) is 7.47. The van der Waals surface area contributed by atoms with Crippen molar-refractivity contribution in [3.63, 3.8) is 0 Å². The van der Waals surface area contributed by atoms with Gasteiger partial charge in [-0.2, -0.15) is 10.2 Å². The number of fused-ring (bicyclic) bond motifs is 1. The second-order valence-electron chi connectivity index (χ2n) is 5.26. The second kappa shape index (κ2) is 5.96. The van der Waals surface area contributed by atoms with E-state index in [-0.39, 0.29) is 5.91 Å². The van der Waals surface area contributed by atoms with Crippen LogP contribution in [-0.4, -0.2) is 30.9 Å². The maximum Gasteiger partial charge on any atom is 0.251 e. The fourth-order valence-corrected chi connectivity index (χ4v) is 2.52. The van der Waals surface area contributed by atoms with Gasteiger partial charge in [0.1, 0.15) is 0 Å². The van der Waals surface area contributed by atoms with E-state index in [0.29, 0.717) is 17.8 Å². The molecule has 4 rings (SSSR count). The zero-order chi connectivity index (χ0) is 16.4. The fourth-order valence-electron chi connectivity index (χ4n) is 2.52. The average Bonchev–Trinajstić information content (AvgIpc) is 3.30. The highest BCUT2D eigenvalue weighted by molar-refractivity contribution is 5.94. The van der Waals surface area contributed by atoms with E-state index in [1.807, 2.05) is 36.5 Å². The van der Waals surface area contributed by atoms with Gasteiger partial charge in [-0.1, -0.05) is 6.07 Å². The first kappa shape index (κ1) is 14.1. The minimum Gasteiger partial charge on any atom is -0.346 e. The molecule has 0 aliphatic rings. The number of pyridine rings is 1. The minimum atomic E-state index is -0.157. The SMILES string of the molecule is O=C(NCc1[nH]nc2ncccc12)c1cccc(-n2cccn2)c1. The molecule has 0 saturated carbocycles. The molecule has 7 heteroatoms. The number of nitrogens with one attached hydrogen (secondary N) is 2. The van der Waals surface area contributed by atoms with E-state index in [1.165, 1.54) is 0 Å². The van der Waals surface area contributed by atoms with Gasteiger partial charge >= 0.3 is 0 Å². The van der Waals surface area contributed by atoms with Crippen LogP contribution in [0.1, 0.15) is 16.1 Å². The van der Waals surface area contributed by atoms with Crippen molar-refractivity contribution in [1.29, 1.82) is 0 Å². The largest absolute Gasteiger partial charge is 0.346 e. The molecular formula is C17H14N6O. The Labute approximate surface area is 137 Å². The van der Waals surface area contributed by atoms with Crippen LogP contribution in [0.25, 0.3) is 16.7 Å². The van der Waals surface area contributed by atoms with E-state index in [4.69, 9.17) is 0 Å². The summed E-state index contributed by atoms with van der Waals surface area (Å²) in [6.07, 6.45) is 5.22. The summed E-state index contributed by atoms with van der Waals surface area (Å²) >= 11 is 0. The molecule has 0 aliphatic heterocycles. The number of hydrogen-bond acceptors (Lipinski definition) is 4. The molecule has 24 heavy (non-hydrogen) atoms. The molecule has 0 fully saturated rings. The highest BCUT2D eigenvalue weighted by Crippen LogP contribution is 2.13. The normalized spacial score (nSPS) is 10.8. The molecule has 2 N–H and O–H groups in total. The predicted octanol–water partition coefficient (Wildman–Crippen LogP) is 2.07. The van der Waals surface area contributed by atoms with Gasteiger partial charge in [-0.25, -0.2) is 9.67 Å². The van der Waals surface area contributed by atoms with Crippen molar-refractivity contribution >= 4 is 16.9 Å². The summed E-state index contributed by atoms with van der Waals surface area (Å²) in [5.41, 5.74) is 2.88. The second-order valence-corrected chi connectivity index (χ2v) is 5.26. The summed E-state index contributed by atoms with van der Waals surface area (Å²) < 4.78 is 1.71. The molecule has 3 heterocycles. The smallest absolute Gasteiger partial charge is 0.251 e. The van der Waals surface area contributed by atoms with Crippen molar-refractivity contribution < 1.29 is 4.79 Å². The molecule has 0 aliphatic carbocycles. The van der Waals surface area contributed by atoms with Crippen LogP contribution in [0, 0.1) is 0 Å². The lowest BCUT2D eigenvalue weighted by molar-refractivity contribution is 0.0950. The standard InChI is InChI=1S/C17H14N6O/c24-17(12-4-1-5-13(10-12)23-9-3-8-20-23)19-11-15-14-6-2-7-18-16(14)22-21-15/h1-10H,11H2,(H,19,24)(H,18,21,22). The summed E-state index contributed by atoms with van der Waals surface area (Å²) in [6.45, 7) is 0.354. The summed E-state index contributed by atoms with van der Waals surface area (Å²) in [7, 11) is 0. The van der Waals surface area contributed by atoms with E-state index in [9.17, 15) is 4.79 Å². The van der Waals surface area contributed by atoms with Gasteiger partial charge in [-0.05, 0) is 36.4 Å². The van der Waals surface area contributed by atoms with Gasteiger partial charge in [0.2, 0.25) is 0 Å². The number of hydrogen-bond donors (Lipinski definition) is 2. The fraction of sp³-hybridized carbons (Fsp3) is 0.0588. The Kier molecular flexibility index (Phi) is 3.51. The number of benzene rings is 1. The lowest BCUT2D eigenvalue weighted by Crippen LogP contribution is -2.23. The lowest BCUT2D eigenvalue weighted by atomic mass is 10.2. The van der Waals surface area contributed by atoms with Crippen molar-refractivity contribution in [3.05, 3.63) is 72.3 Å². The minimum absolute atomic E-state index is 0.157. The van der Waals surface area contributed by atoms with Crippen molar-refractivity contribution in [2.24, 2.45) is 0 Å². The zero-order valence-electron chi connectivity index (χ0n) is 12.7. The van der Waals surface area contributed by atoms with E-state index in [0.717, 1.165) is 16.8 Å². The Bertz CT molecular complexity index is 989. The highest BCUT2D eigenvalue weighted by atomic mass is 16.1. The van der Waals surface area contributed by atoms with Crippen LogP contribution in [-0.2, 0) is 6.54 Å². The predicted molar refractivity (Wildman–Crippen MR) is 88.6 cm³/mol. The van der Waals surface area contributed by atoms with Crippen LogP contribution in [0.3, 0.4) is 0 Å². The van der Waals surface area contributed by atoms with Crippen LogP contribution in [0.5, 0.6) is 0 Å². The van der Waals surface area contributed by atoms with Gasteiger partial charge in [0.05, 0.1) is 17.9 Å². The highest BCUT2D eigenvalue weighted by Gasteiger charge is 2.10. The Morgan fingerprint density at radius 2 is 2.12 bits per heavy atom. The maximum atomic E-state index is 12.4. The number of nitrogens with zero attached hydrogens (tertiary/aromatic N) is 4. The molecule has 0 unspecified atom stereocenters. The van der Waals surface area contributed by atoms with Gasteiger partial charge in [-0.3, -0.25) is 9.89 Å². The van der Waals surface area contributed by atoms with Crippen LogP contribution in [0.2, 0.25) is 0 Å². The van der Waals surface area contributed by atoms with Crippen LogP contribution in [0.15, 0.2) is 61.1 Å². The number of aromatic nitrogens is 5. The van der Waals surface area contributed by atoms with E-state index >= 15 is 0 Å². The summed E-state index contributed by atoms with van der Waals surface area (Å²) in [4.78, 5) is 16.6. The molecule has 1 aromatic carbocycles. The third-order valence-corrected chi connectivity index (χ3v) is 3.71. The molecule has 1 amide bonds. The Hall–Kier alpha value is -3.48. The van der Waals surface area contributed by atoms with Gasteiger partial charge in [-0.15, -0.1) is 0 Å². The summed E-state index contributed by atoms with van der Waals surface area (Å²) in [5.74, 6) is -0.157. The van der Waals surface area contributed by atoms with Crippen LogP contribution < -0.4 is 5.32 Å². The van der Waals surface area contributed by atoms with Gasteiger partial charge in [0.25, 0.3) is 5.91 Å². The molecular weight excluding hydrogens is 304 g/mol. The monoisotopic (exact) mass is 318 g/mol. The first-order valence-electron chi connectivity index (χ1n) is 7.47. The number of rotatable bonds is 4. The number of H-pyrrole nitrogens is 1. The number of amides is 1. The number of carbonyl (C=O) groups excluding carboxylic acids is 1. The zero-order valence-corrected chi connectivity index (χ0v) is 12.7. The Morgan fingerprint density at radius 1 is 1.17 bits per heavy atom. The Balaban J connectivity index is 1.51. The summed E-state index contributed by atoms with van der Waals surface area (Å²) in [6, 6.07) is 12.9. The van der Waals surface area contributed by atoms with Crippen molar-refractivity contribution in [2.75, 3.05) is 0 Å². The van der Waals surface area contributed by atoms with Crippen LogP contribution >= 0.6 is 0 Å². The number of aromatic amines is 1. The molecule has 4 aromatic rings. The molecule has 0 saturated heterocycles. The quantitative estimate of drug-likeness (QED) is 0.603. The molecule has 3 aromatic heterocycles.